The Morgan fingerprint density at radius 2 is 1.56 bits per heavy atom. The summed E-state index contributed by atoms with van der Waals surface area (Å²) in [6.07, 6.45) is 0. The van der Waals surface area contributed by atoms with Crippen LogP contribution in [0.25, 0.3) is 0 Å². The molecule has 6 nitrogen and oxygen atoms in total. The first-order valence-electron chi connectivity index (χ1n) is 8.20. The van der Waals surface area contributed by atoms with Gasteiger partial charge in [0.05, 0.1) is 5.56 Å². The van der Waals surface area contributed by atoms with Gasteiger partial charge in [-0.25, -0.2) is 4.39 Å². The third-order valence-electron chi connectivity index (χ3n) is 3.76. The standard InChI is InChI=1S/C19H19BrFN3O3/c1-11(2)16(22-17(25)12-7-9-13(21)10-8-12)19(27)24-23-18(26)14-5-3-4-6-15(14)20/h3-11,16H,1-2H3,(H,22,25)(H,23,26)(H,24,27)/t16-/m0/s1. The summed E-state index contributed by atoms with van der Waals surface area (Å²) in [5.74, 6) is -2.28. The first-order chi connectivity index (χ1) is 12.8. The van der Waals surface area contributed by atoms with Crippen LogP contribution < -0.4 is 16.2 Å². The molecule has 2 rings (SSSR count). The molecule has 1 atom stereocenters. The van der Waals surface area contributed by atoms with Crippen molar-refractivity contribution in [3.8, 4) is 0 Å². The molecule has 0 saturated carbocycles. The van der Waals surface area contributed by atoms with Crippen molar-refractivity contribution in [2.75, 3.05) is 0 Å². The van der Waals surface area contributed by atoms with Gasteiger partial charge in [-0.2, -0.15) is 0 Å². The fourth-order valence-electron chi connectivity index (χ4n) is 2.27. The van der Waals surface area contributed by atoms with E-state index in [1.807, 2.05) is 0 Å². The fourth-order valence-corrected chi connectivity index (χ4v) is 2.73. The normalized spacial score (nSPS) is 11.6. The van der Waals surface area contributed by atoms with E-state index in [-0.39, 0.29) is 11.5 Å². The number of hydrogen-bond donors (Lipinski definition) is 3. The van der Waals surface area contributed by atoms with Gasteiger partial charge in [0.1, 0.15) is 11.9 Å². The zero-order valence-electron chi connectivity index (χ0n) is 14.8. The monoisotopic (exact) mass is 435 g/mol. The van der Waals surface area contributed by atoms with Crippen molar-refractivity contribution in [2.45, 2.75) is 19.9 Å². The van der Waals surface area contributed by atoms with Crippen molar-refractivity contribution in [3.63, 3.8) is 0 Å². The van der Waals surface area contributed by atoms with Crippen LogP contribution in [0.1, 0.15) is 34.6 Å². The van der Waals surface area contributed by atoms with E-state index >= 15 is 0 Å². The summed E-state index contributed by atoms with van der Waals surface area (Å²) in [5.41, 5.74) is 5.23. The number of benzene rings is 2. The van der Waals surface area contributed by atoms with Gasteiger partial charge in [0, 0.05) is 10.0 Å². The Hall–Kier alpha value is -2.74. The molecule has 8 heteroatoms. The number of hydrogen-bond acceptors (Lipinski definition) is 3. The molecule has 0 aliphatic heterocycles. The van der Waals surface area contributed by atoms with Gasteiger partial charge in [-0.15, -0.1) is 0 Å². The van der Waals surface area contributed by atoms with Crippen molar-refractivity contribution in [1.29, 1.82) is 0 Å². The highest BCUT2D eigenvalue weighted by atomic mass is 79.9. The van der Waals surface area contributed by atoms with E-state index in [2.05, 4.69) is 32.1 Å². The molecule has 3 amide bonds. The molecule has 0 bridgehead atoms. The summed E-state index contributed by atoms with van der Waals surface area (Å²) in [6.45, 7) is 3.51. The summed E-state index contributed by atoms with van der Waals surface area (Å²) in [6, 6.07) is 10.9. The van der Waals surface area contributed by atoms with Crippen molar-refractivity contribution >= 4 is 33.7 Å². The van der Waals surface area contributed by atoms with Crippen LogP contribution >= 0.6 is 15.9 Å². The van der Waals surface area contributed by atoms with Gasteiger partial charge in [-0.1, -0.05) is 26.0 Å². The average molecular weight is 436 g/mol. The number of amides is 3. The quantitative estimate of drug-likeness (QED) is 0.630. The Morgan fingerprint density at radius 1 is 0.926 bits per heavy atom. The maximum atomic E-state index is 13.0. The summed E-state index contributed by atoms with van der Waals surface area (Å²) in [4.78, 5) is 36.8. The summed E-state index contributed by atoms with van der Waals surface area (Å²) >= 11 is 3.26. The van der Waals surface area contributed by atoms with E-state index in [0.717, 1.165) is 12.1 Å². The Morgan fingerprint density at radius 3 is 2.15 bits per heavy atom. The minimum atomic E-state index is -0.887. The van der Waals surface area contributed by atoms with Crippen LogP contribution in [0.3, 0.4) is 0 Å². The topological polar surface area (TPSA) is 87.3 Å². The van der Waals surface area contributed by atoms with Crippen LogP contribution in [0.4, 0.5) is 4.39 Å². The molecule has 0 unspecified atom stereocenters. The molecule has 2 aromatic carbocycles. The second-order valence-electron chi connectivity index (χ2n) is 6.13. The third kappa shape index (κ3) is 5.62. The molecule has 0 aliphatic rings. The highest BCUT2D eigenvalue weighted by Gasteiger charge is 2.25. The maximum Gasteiger partial charge on any atom is 0.270 e. The molecular formula is C19H19BrFN3O3. The molecule has 27 heavy (non-hydrogen) atoms. The Balaban J connectivity index is 2.00. The van der Waals surface area contributed by atoms with Gasteiger partial charge in [-0.05, 0) is 58.2 Å². The smallest absolute Gasteiger partial charge is 0.270 e. The molecule has 142 valence electrons. The van der Waals surface area contributed by atoms with Crippen molar-refractivity contribution in [1.82, 2.24) is 16.2 Å². The van der Waals surface area contributed by atoms with Crippen molar-refractivity contribution in [3.05, 3.63) is 69.9 Å². The van der Waals surface area contributed by atoms with Crippen LogP contribution in [0.5, 0.6) is 0 Å². The number of carbonyl (C=O) groups excluding carboxylic acids is 3. The lowest BCUT2D eigenvalue weighted by Gasteiger charge is -2.22. The number of halogens is 2. The van der Waals surface area contributed by atoms with E-state index < -0.39 is 29.6 Å². The van der Waals surface area contributed by atoms with Gasteiger partial charge in [0.25, 0.3) is 17.7 Å². The summed E-state index contributed by atoms with van der Waals surface area (Å²) in [7, 11) is 0. The Labute approximate surface area is 164 Å². The third-order valence-corrected chi connectivity index (χ3v) is 4.45. The first kappa shape index (κ1) is 20.6. The second-order valence-corrected chi connectivity index (χ2v) is 6.98. The van der Waals surface area contributed by atoms with Crippen LogP contribution in [0, 0.1) is 11.7 Å². The van der Waals surface area contributed by atoms with Gasteiger partial charge < -0.3 is 5.32 Å². The van der Waals surface area contributed by atoms with Gasteiger partial charge >= 0.3 is 0 Å². The fraction of sp³-hybridized carbons (Fsp3) is 0.211. The lowest BCUT2D eigenvalue weighted by molar-refractivity contribution is -0.124. The number of hydrazine groups is 1. The summed E-state index contributed by atoms with van der Waals surface area (Å²) in [5, 5.41) is 2.59. The number of nitrogens with one attached hydrogen (secondary N) is 3. The van der Waals surface area contributed by atoms with E-state index in [0.29, 0.717) is 10.0 Å². The number of carbonyl (C=O) groups is 3. The minimum absolute atomic E-state index is 0.229. The first-order valence-corrected chi connectivity index (χ1v) is 9.00. The molecule has 3 N–H and O–H groups in total. The van der Waals surface area contributed by atoms with Gasteiger partial charge in [-0.3, -0.25) is 25.2 Å². The van der Waals surface area contributed by atoms with Crippen LogP contribution in [-0.4, -0.2) is 23.8 Å². The van der Waals surface area contributed by atoms with Crippen LogP contribution in [0.2, 0.25) is 0 Å². The van der Waals surface area contributed by atoms with E-state index in [9.17, 15) is 18.8 Å². The molecule has 0 aliphatic carbocycles. The van der Waals surface area contributed by atoms with Crippen molar-refractivity contribution < 1.29 is 18.8 Å². The SMILES string of the molecule is CC(C)[C@H](NC(=O)c1ccc(F)cc1)C(=O)NNC(=O)c1ccccc1Br. The highest BCUT2D eigenvalue weighted by molar-refractivity contribution is 9.10. The molecule has 0 saturated heterocycles. The Bertz CT molecular complexity index is 840. The van der Waals surface area contributed by atoms with E-state index in [1.165, 1.54) is 12.1 Å². The average Bonchev–Trinajstić information content (AvgIpc) is 2.64. The number of rotatable bonds is 5. The lowest BCUT2D eigenvalue weighted by atomic mass is 10.0. The molecule has 0 fully saturated rings. The molecular weight excluding hydrogens is 417 g/mol. The zero-order valence-corrected chi connectivity index (χ0v) is 16.3. The summed E-state index contributed by atoms with van der Waals surface area (Å²) < 4.78 is 13.6. The highest BCUT2D eigenvalue weighted by Crippen LogP contribution is 2.15. The molecule has 0 radical (unpaired) electrons. The van der Waals surface area contributed by atoms with E-state index in [1.54, 1.807) is 38.1 Å². The second kappa shape index (κ2) is 9.27. The zero-order chi connectivity index (χ0) is 20.0. The predicted octanol–water partition coefficient (Wildman–Crippen LogP) is 2.80. The lowest BCUT2D eigenvalue weighted by Crippen LogP contribution is -2.54. The maximum absolute atomic E-state index is 13.0. The van der Waals surface area contributed by atoms with Crippen LogP contribution in [0.15, 0.2) is 53.0 Å². The van der Waals surface area contributed by atoms with E-state index in [4.69, 9.17) is 0 Å². The predicted molar refractivity (Wildman–Crippen MR) is 102 cm³/mol. The molecule has 0 heterocycles. The molecule has 2 aromatic rings. The minimum Gasteiger partial charge on any atom is -0.340 e. The van der Waals surface area contributed by atoms with Gasteiger partial charge in [0.15, 0.2) is 0 Å². The van der Waals surface area contributed by atoms with Crippen molar-refractivity contribution in [2.24, 2.45) is 5.92 Å². The molecule has 0 spiro atoms. The Kier molecular flexibility index (Phi) is 7.06. The molecule has 0 aromatic heterocycles. The van der Waals surface area contributed by atoms with Crippen LogP contribution in [-0.2, 0) is 4.79 Å². The van der Waals surface area contributed by atoms with Gasteiger partial charge in [0.2, 0.25) is 0 Å². The largest absolute Gasteiger partial charge is 0.340 e.